The number of benzene rings is 1. The highest BCUT2D eigenvalue weighted by Crippen LogP contribution is 2.35. The Balaban J connectivity index is 1.47. The molecule has 3 heteroatoms. The van der Waals surface area contributed by atoms with Crippen LogP contribution in [-0.2, 0) is 4.79 Å². The van der Waals surface area contributed by atoms with Gasteiger partial charge in [-0.2, -0.15) is 0 Å². The normalized spacial score (nSPS) is 27.0. The second-order valence-electron chi connectivity index (χ2n) is 7.03. The number of nitrogens with zero attached hydrogens (tertiary/aromatic N) is 1. The van der Waals surface area contributed by atoms with Crippen molar-refractivity contribution in [2.24, 2.45) is 11.8 Å². The molecule has 1 N–H and O–H groups in total. The van der Waals surface area contributed by atoms with Crippen molar-refractivity contribution in [2.75, 3.05) is 19.6 Å². The lowest BCUT2D eigenvalue weighted by Gasteiger charge is -2.41. The topological polar surface area (TPSA) is 32.3 Å². The molecule has 1 saturated heterocycles. The standard InChI is InChI=1S/C19H28N2O/c1-15(16-7-3-2-4-8-16)20-19(22)14-21-12-11-17-9-5-6-10-18(17)13-21/h2-4,7-8,15,17-18H,5-6,9-14H2,1H3,(H,20,22)/t15-,17-,18+/m0/s1. The van der Waals surface area contributed by atoms with Crippen LogP contribution in [0.4, 0.5) is 0 Å². The molecule has 0 radical (unpaired) electrons. The van der Waals surface area contributed by atoms with Crippen LogP contribution in [0.3, 0.4) is 0 Å². The van der Waals surface area contributed by atoms with Crippen LogP contribution in [-0.4, -0.2) is 30.4 Å². The van der Waals surface area contributed by atoms with Gasteiger partial charge >= 0.3 is 0 Å². The Bertz CT molecular complexity index is 487. The van der Waals surface area contributed by atoms with Crippen LogP contribution in [0.15, 0.2) is 30.3 Å². The van der Waals surface area contributed by atoms with E-state index < -0.39 is 0 Å². The van der Waals surface area contributed by atoms with E-state index in [9.17, 15) is 4.79 Å². The van der Waals surface area contributed by atoms with Gasteiger partial charge in [0.25, 0.3) is 0 Å². The summed E-state index contributed by atoms with van der Waals surface area (Å²) in [6.07, 6.45) is 6.85. The van der Waals surface area contributed by atoms with E-state index in [-0.39, 0.29) is 11.9 Å². The van der Waals surface area contributed by atoms with E-state index in [1.165, 1.54) is 37.7 Å². The van der Waals surface area contributed by atoms with Crippen LogP contribution in [0.5, 0.6) is 0 Å². The fraction of sp³-hybridized carbons (Fsp3) is 0.632. The van der Waals surface area contributed by atoms with Crippen molar-refractivity contribution in [3.8, 4) is 0 Å². The van der Waals surface area contributed by atoms with Crippen LogP contribution >= 0.6 is 0 Å². The maximum Gasteiger partial charge on any atom is 0.234 e. The fourth-order valence-corrected chi connectivity index (χ4v) is 4.14. The van der Waals surface area contributed by atoms with E-state index in [1.807, 2.05) is 18.2 Å². The van der Waals surface area contributed by atoms with Crippen molar-refractivity contribution in [2.45, 2.75) is 45.1 Å². The number of hydrogen-bond acceptors (Lipinski definition) is 2. The molecule has 1 aromatic rings. The molecule has 3 nitrogen and oxygen atoms in total. The molecule has 1 aliphatic carbocycles. The summed E-state index contributed by atoms with van der Waals surface area (Å²) >= 11 is 0. The minimum atomic E-state index is 0.0842. The Morgan fingerprint density at radius 2 is 1.91 bits per heavy atom. The molecule has 1 amide bonds. The molecule has 2 fully saturated rings. The van der Waals surface area contributed by atoms with Crippen molar-refractivity contribution < 1.29 is 4.79 Å². The van der Waals surface area contributed by atoms with Crippen molar-refractivity contribution in [3.05, 3.63) is 35.9 Å². The average Bonchev–Trinajstić information content (AvgIpc) is 2.55. The molecule has 0 unspecified atom stereocenters. The predicted molar refractivity (Wildman–Crippen MR) is 89.5 cm³/mol. The number of fused-ring (bicyclic) bond motifs is 1. The smallest absolute Gasteiger partial charge is 0.234 e. The minimum Gasteiger partial charge on any atom is -0.348 e. The molecule has 3 atom stereocenters. The molecular weight excluding hydrogens is 272 g/mol. The summed E-state index contributed by atoms with van der Waals surface area (Å²) in [5.41, 5.74) is 1.17. The monoisotopic (exact) mass is 300 g/mol. The van der Waals surface area contributed by atoms with Crippen molar-refractivity contribution >= 4 is 5.91 Å². The summed E-state index contributed by atoms with van der Waals surface area (Å²) in [4.78, 5) is 14.7. The Morgan fingerprint density at radius 3 is 2.68 bits per heavy atom. The highest BCUT2D eigenvalue weighted by molar-refractivity contribution is 5.78. The molecule has 1 saturated carbocycles. The summed E-state index contributed by atoms with van der Waals surface area (Å²) in [6, 6.07) is 10.3. The number of amides is 1. The van der Waals surface area contributed by atoms with E-state index in [2.05, 4.69) is 29.3 Å². The number of carbonyl (C=O) groups excluding carboxylic acids is 1. The second-order valence-corrected chi connectivity index (χ2v) is 7.03. The highest BCUT2D eigenvalue weighted by atomic mass is 16.2. The molecule has 3 rings (SSSR count). The summed E-state index contributed by atoms with van der Waals surface area (Å²) in [5, 5.41) is 3.13. The Morgan fingerprint density at radius 1 is 1.18 bits per heavy atom. The molecule has 120 valence electrons. The van der Waals surface area contributed by atoms with Crippen molar-refractivity contribution in [3.63, 3.8) is 0 Å². The van der Waals surface area contributed by atoms with Gasteiger partial charge in [-0.3, -0.25) is 9.69 Å². The maximum absolute atomic E-state index is 12.3. The first-order valence-electron chi connectivity index (χ1n) is 8.79. The van der Waals surface area contributed by atoms with Crippen LogP contribution in [0.1, 0.15) is 50.6 Å². The summed E-state index contributed by atoms with van der Waals surface area (Å²) in [5.74, 6) is 1.92. The number of nitrogens with one attached hydrogen (secondary N) is 1. The Labute approximate surface area is 134 Å². The van der Waals surface area contributed by atoms with Gasteiger partial charge in [-0.05, 0) is 43.7 Å². The van der Waals surface area contributed by atoms with E-state index in [0.717, 1.165) is 24.9 Å². The van der Waals surface area contributed by atoms with Gasteiger partial charge < -0.3 is 5.32 Å². The number of hydrogen-bond donors (Lipinski definition) is 1. The van der Waals surface area contributed by atoms with Gasteiger partial charge in [0.15, 0.2) is 0 Å². The molecule has 0 aromatic heterocycles. The van der Waals surface area contributed by atoms with E-state index in [0.29, 0.717) is 6.54 Å². The van der Waals surface area contributed by atoms with Gasteiger partial charge in [-0.15, -0.1) is 0 Å². The first-order valence-corrected chi connectivity index (χ1v) is 8.79. The van der Waals surface area contributed by atoms with Crippen LogP contribution < -0.4 is 5.32 Å². The summed E-state index contributed by atoms with van der Waals surface area (Å²) in [6.45, 7) is 4.83. The molecular formula is C19H28N2O. The van der Waals surface area contributed by atoms with Crippen LogP contribution in [0.2, 0.25) is 0 Å². The molecule has 1 aliphatic heterocycles. The van der Waals surface area contributed by atoms with Gasteiger partial charge in [0.05, 0.1) is 12.6 Å². The van der Waals surface area contributed by atoms with Gasteiger partial charge in [-0.1, -0.05) is 49.6 Å². The van der Waals surface area contributed by atoms with E-state index in [4.69, 9.17) is 0 Å². The quantitative estimate of drug-likeness (QED) is 0.924. The molecule has 1 heterocycles. The lowest BCUT2D eigenvalue weighted by Crippen LogP contribution is -2.46. The number of carbonyl (C=O) groups is 1. The summed E-state index contributed by atoms with van der Waals surface area (Å²) < 4.78 is 0. The predicted octanol–water partition coefficient (Wildman–Crippen LogP) is 3.38. The second kappa shape index (κ2) is 7.28. The van der Waals surface area contributed by atoms with Gasteiger partial charge in [0.1, 0.15) is 0 Å². The van der Waals surface area contributed by atoms with Gasteiger partial charge in [0.2, 0.25) is 5.91 Å². The third-order valence-electron chi connectivity index (χ3n) is 5.42. The number of rotatable bonds is 4. The average molecular weight is 300 g/mol. The first kappa shape index (κ1) is 15.5. The lowest BCUT2D eigenvalue weighted by molar-refractivity contribution is -0.123. The molecule has 2 aliphatic rings. The Kier molecular flexibility index (Phi) is 5.14. The largest absolute Gasteiger partial charge is 0.348 e. The van der Waals surface area contributed by atoms with E-state index >= 15 is 0 Å². The van der Waals surface area contributed by atoms with Gasteiger partial charge in [0, 0.05) is 6.54 Å². The van der Waals surface area contributed by atoms with Crippen LogP contribution in [0, 0.1) is 11.8 Å². The van der Waals surface area contributed by atoms with Crippen molar-refractivity contribution in [1.29, 1.82) is 0 Å². The molecule has 0 spiro atoms. The lowest BCUT2D eigenvalue weighted by atomic mass is 9.75. The minimum absolute atomic E-state index is 0.0842. The molecule has 0 bridgehead atoms. The zero-order valence-electron chi connectivity index (χ0n) is 13.6. The third-order valence-corrected chi connectivity index (χ3v) is 5.42. The zero-order valence-corrected chi connectivity index (χ0v) is 13.6. The maximum atomic E-state index is 12.3. The van der Waals surface area contributed by atoms with Gasteiger partial charge in [-0.25, -0.2) is 0 Å². The SMILES string of the molecule is C[C@H](NC(=O)CN1CC[C@@H]2CCCC[C@@H]2C1)c1ccccc1. The molecule has 22 heavy (non-hydrogen) atoms. The number of piperidine rings is 1. The molecule has 1 aromatic carbocycles. The van der Waals surface area contributed by atoms with Crippen LogP contribution in [0.25, 0.3) is 0 Å². The fourth-order valence-electron chi connectivity index (χ4n) is 4.14. The summed E-state index contributed by atoms with van der Waals surface area (Å²) in [7, 11) is 0. The van der Waals surface area contributed by atoms with Crippen molar-refractivity contribution in [1.82, 2.24) is 10.2 Å². The Hall–Kier alpha value is -1.35. The first-order chi connectivity index (χ1) is 10.7. The highest BCUT2D eigenvalue weighted by Gasteiger charge is 2.31. The number of likely N-dealkylation sites (tertiary alicyclic amines) is 1. The van der Waals surface area contributed by atoms with E-state index in [1.54, 1.807) is 0 Å². The zero-order chi connectivity index (χ0) is 15.4. The third kappa shape index (κ3) is 3.89.